The molecule has 0 saturated heterocycles. The van der Waals surface area contributed by atoms with Crippen molar-refractivity contribution in [3.05, 3.63) is 60.7 Å². The molecule has 0 N–H and O–H groups in total. The normalized spacial score (nSPS) is 11.6. The summed E-state index contributed by atoms with van der Waals surface area (Å²) in [5, 5.41) is 0. The van der Waals surface area contributed by atoms with Crippen molar-refractivity contribution in [2.75, 3.05) is 13.1 Å². The van der Waals surface area contributed by atoms with Gasteiger partial charge in [-0.25, -0.2) is 0 Å². The summed E-state index contributed by atoms with van der Waals surface area (Å²) in [6, 6.07) is 23.0. The molecule has 1 nitrogen and oxygen atoms in total. The molecule has 2 heteroatoms. The van der Waals surface area contributed by atoms with Gasteiger partial charge in [0.1, 0.15) is 11.4 Å². The van der Waals surface area contributed by atoms with Crippen LogP contribution in [0.3, 0.4) is 0 Å². The molecule has 0 bridgehead atoms. The van der Waals surface area contributed by atoms with E-state index < -0.39 is 0 Å². The van der Waals surface area contributed by atoms with Crippen LogP contribution in [-0.4, -0.2) is 13.1 Å². The van der Waals surface area contributed by atoms with Gasteiger partial charge < -0.3 is 17.0 Å². The Hall–Kier alpha value is -1.12. The Morgan fingerprint density at radius 3 is 0.700 bits per heavy atom. The first kappa shape index (κ1) is 46.9. The first-order valence-corrected chi connectivity index (χ1v) is 22.3. The number of rotatable bonds is 36. The fourth-order valence-corrected chi connectivity index (χ4v) is 8.06. The second kappa shape index (κ2) is 34.9. The minimum absolute atomic E-state index is 0. The molecule has 288 valence electrons. The van der Waals surface area contributed by atoms with Crippen molar-refractivity contribution >= 4 is 11.4 Å². The number of nitrogens with zero attached hydrogens (tertiary/aromatic N) is 1. The molecule has 0 fully saturated rings. The summed E-state index contributed by atoms with van der Waals surface area (Å²) in [6.45, 7) is 7.08. The van der Waals surface area contributed by atoms with Crippen LogP contribution in [0, 0.1) is 0 Å². The van der Waals surface area contributed by atoms with Gasteiger partial charge in [-0.1, -0.05) is 230 Å². The number of quaternary nitrogens is 1. The van der Waals surface area contributed by atoms with Crippen molar-refractivity contribution in [2.45, 2.75) is 219 Å². The summed E-state index contributed by atoms with van der Waals surface area (Å²) in [5.74, 6) is 0. The Kier molecular flexibility index (Phi) is 32.8. The van der Waals surface area contributed by atoms with Crippen LogP contribution in [0.2, 0.25) is 0 Å². The molecule has 2 rings (SSSR count). The molecule has 50 heavy (non-hydrogen) atoms. The van der Waals surface area contributed by atoms with Gasteiger partial charge in [0, 0.05) is 0 Å². The molecule has 0 heterocycles. The smallest absolute Gasteiger partial charge is 0.137 e. The summed E-state index contributed by atoms with van der Waals surface area (Å²) in [4.78, 5) is 0. The lowest BCUT2D eigenvalue weighted by Crippen LogP contribution is -3.00. The molecule has 0 amide bonds. The molecule has 0 atom stereocenters. The maximum absolute atomic E-state index is 2.39. The molecule has 0 spiro atoms. The zero-order valence-corrected chi connectivity index (χ0v) is 35.2. The molecule has 0 saturated carbocycles. The molecule has 2 aromatic carbocycles. The first-order chi connectivity index (χ1) is 24.3. The molecular weight excluding hydrogens is 670 g/mol. The molecular formula is C48H84BrN. The number of unbranched alkanes of at least 4 members (excludes halogenated alkanes) is 30. The van der Waals surface area contributed by atoms with Crippen molar-refractivity contribution < 1.29 is 17.0 Å². The standard InChI is InChI=1S/C48H84N.BrH/c1-3-5-7-9-11-13-15-17-19-21-23-25-27-29-31-39-45-49(47-41-35-33-36-42-47,48-43-37-34-38-44-48)46-40-32-30-28-26-24-22-20-18-16-14-12-10-8-6-4-2;/h33-38,41-44H,3-32,39-40,45-46H2,1-2H3;1H/q+1;/p-1. The summed E-state index contributed by atoms with van der Waals surface area (Å²) in [7, 11) is 0. The van der Waals surface area contributed by atoms with Gasteiger partial charge in [-0.3, -0.25) is 4.48 Å². The van der Waals surface area contributed by atoms with E-state index in [1.165, 1.54) is 230 Å². The van der Waals surface area contributed by atoms with Crippen LogP contribution in [-0.2, 0) is 0 Å². The van der Waals surface area contributed by atoms with E-state index in [0.29, 0.717) is 0 Å². The van der Waals surface area contributed by atoms with Crippen LogP contribution in [0.4, 0.5) is 11.4 Å². The summed E-state index contributed by atoms with van der Waals surface area (Å²) >= 11 is 0. The maximum Gasteiger partial charge on any atom is 0.137 e. The second-order valence-electron chi connectivity index (χ2n) is 15.7. The predicted octanol–water partition coefficient (Wildman–Crippen LogP) is 13.9. The van der Waals surface area contributed by atoms with E-state index in [1.54, 1.807) is 0 Å². The topological polar surface area (TPSA) is 0 Å². The Balaban J connectivity index is 0.0000125. The maximum atomic E-state index is 2.39. The lowest BCUT2D eigenvalue weighted by Gasteiger charge is -2.38. The van der Waals surface area contributed by atoms with Gasteiger partial charge in [0.2, 0.25) is 0 Å². The average molecular weight is 755 g/mol. The van der Waals surface area contributed by atoms with Crippen molar-refractivity contribution in [3.63, 3.8) is 0 Å². The van der Waals surface area contributed by atoms with Crippen molar-refractivity contribution in [3.8, 4) is 0 Å². The highest BCUT2D eigenvalue weighted by Crippen LogP contribution is 2.36. The van der Waals surface area contributed by atoms with Crippen LogP contribution < -0.4 is 21.5 Å². The van der Waals surface area contributed by atoms with Gasteiger partial charge in [-0.2, -0.15) is 0 Å². The molecule has 0 aliphatic heterocycles. The Bertz CT molecular complexity index is 850. The molecule has 0 radical (unpaired) electrons. The van der Waals surface area contributed by atoms with Gasteiger partial charge in [0.15, 0.2) is 0 Å². The Morgan fingerprint density at radius 1 is 0.280 bits per heavy atom. The van der Waals surface area contributed by atoms with E-state index in [2.05, 4.69) is 74.5 Å². The minimum atomic E-state index is 0. The number of benzene rings is 2. The van der Waals surface area contributed by atoms with E-state index in [1.807, 2.05) is 0 Å². The zero-order valence-electron chi connectivity index (χ0n) is 33.6. The molecule has 0 aliphatic carbocycles. The highest BCUT2D eigenvalue weighted by molar-refractivity contribution is 5.58. The van der Waals surface area contributed by atoms with Gasteiger partial charge >= 0.3 is 0 Å². The van der Waals surface area contributed by atoms with Crippen molar-refractivity contribution in [2.24, 2.45) is 0 Å². The summed E-state index contributed by atoms with van der Waals surface area (Å²) in [5.41, 5.74) is 2.96. The van der Waals surface area contributed by atoms with E-state index in [-0.39, 0.29) is 17.0 Å². The molecule has 0 aliphatic rings. The third-order valence-electron chi connectivity index (χ3n) is 11.3. The van der Waals surface area contributed by atoms with Gasteiger partial charge in [-0.15, -0.1) is 0 Å². The Labute approximate surface area is 324 Å². The van der Waals surface area contributed by atoms with Crippen LogP contribution in [0.1, 0.15) is 219 Å². The van der Waals surface area contributed by atoms with Gasteiger partial charge in [0.05, 0.1) is 13.1 Å². The monoisotopic (exact) mass is 754 g/mol. The molecule has 0 unspecified atom stereocenters. The van der Waals surface area contributed by atoms with Gasteiger partial charge in [-0.05, 0) is 49.9 Å². The van der Waals surface area contributed by atoms with Crippen LogP contribution >= 0.6 is 0 Å². The van der Waals surface area contributed by atoms with Gasteiger partial charge in [0.25, 0.3) is 0 Å². The predicted molar refractivity (Wildman–Crippen MR) is 223 cm³/mol. The average Bonchev–Trinajstić information content (AvgIpc) is 3.14. The van der Waals surface area contributed by atoms with E-state index in [0.717, 1.165) is 4.48 Å². The van der Waals surface area contributed by atoms with E-state index in [9.17, 15) is 0 Å². The van der Waals surface area contributed by atoms with E-state index in [4.69, 9.17) is 0 Å². The lowest BCUT2D eigenvalue weighted by molar-refractivity contribution is -0.0000105. The fourth-order valence-electron chi connectivity index (χ4n) is 8.06. The second-order valence-corrected chi connectivity index (χ2v) is 15.7. The number of halogens is 1. The minimum Gasteiger partial charge on any atom is -1.00 e. The third-order valence-corrected chi connectivity index (χ3v) is 11.3. The largest absolute Gasteiger partial charge is 1.00 e. The quantitative estimate of drug-likeness (QED) is 0.0480. The lowest BCUT2D eigenvalue weighted by atomic mass is 10.0. The first-order valence-electron chi connectivity index (χ1n) is 22.3. The van der Waals surface area contributed by atoms with Crippen LogP contribution in [0.5, 0.6) is 0 Å². The highest BCUT2D eigenvalue weighted by atomic mass is 79.9. The summed E-state index contributed by atoms with van der Waals surface area (Å²) < 4.78 is 1.03. The van der Waals surface area contributed by atoms with E-state index >= 15 is 0 Å². The summed E-state index contributed by atoms with van der Waals surface area (Å²) in [6.07, 6.45) is 45.8. The van der Waals surface area contributed by atoms with Crippen molar-refractivity contribution in [1.82, 2.24) is 4.48 Å². The fraction of sp³-hybridized carbons (Fsp3) is 0.750. The zero-order chi connectivity index (χ0) is 34.8. The third kappa shape index (κ3) is 23.4. The number of hydrogen-bond acceptors (Lipinski definition) is 0. The van der Waals surface area contributed by atoms with Crippen LogP contribution in [0.25, 0.3) is 0 Å². The SMILES string of the molecule is CCCCCCCCCCCCCCCCCC[N+](CCCCCCCCCCCCCCCCCC)(c1ccccc1)c1ccccc1.[Br-]. The molecule has 2 aromatic rings. The highest BCUT2D eigenvalue weighted by Gasteiger charge is 2.32. The molecule has 0 aromatic heterocycles. The Morgan fingerprint density at radius 2 is 0.480 bits per heavy atom. The van der Waals surface area contributed by atoms with Crippen LogP contribution in [0.15, 0.2) is 60.7 Å². The van der Waals surface area contributed by atoms with Crippen molar-refractivity contribution in [1.29, 1.82) is 0 Å². The number of hydrogen-bond donors (Lipinski definition) is 0. The number of para-hydroxylation sites is 2.